The Balaban J connectivity index is 1.91. The summed E-state index contributed by atoms with van der Waals surface area (Å²) in [5.74, 6) is -2.31. The number of hydrogen-bond donors (Lipinski definition) is 11. The highest BCUT2D eigenvalue weighted by Gasteiger charge is 2.66. The van der Waals surface area contributed by atoms with Crippen molar-refractivity contribution in [1.29, 1.82) is 0 Å². The molecule has 0 bridgehead atoms. The van der Waals surface area contributed by atoms with Gasteiger partial charge < -0.3 is 88.6 Å². The first-order chi connectivity index (χ1) is 25.7. The fourth-order valence-corrected chi connectivity index (χ4v) is 7.18. The van der Waals surface area contributed by atoms with Gasteiger partial charge in [0, 0.05) is 6.04 Å². The third-order valence-corrected chi connectivity index (χ3v) is 10.2. The van der Waals surface area contributed by atoms with E-state index in [2.05, 4.69) is 5.32 Å². The molecule has 3 aliphatic rings. The molecule has 0 radical (unpaired) electrons. The van der Waals surface area contributed by atoms with E-state index in [0.29, 0.717) is 0 Å². The van der Waals surface area contributed by atoms with Gasteiger partial charge >= 0.3 is 11.9 Å². The molecule has 1 saturated carbocycles. The van der Waals surface area contributed by atoms with E-state index in [1.54, 1.807) is 47.6 Å². The van der Waals surface area contributed by atoms with Crippen LogP contribution in [0.3, 0.4) is 0 Å². The molecule has 324 valence electrons. The maximum atomic E-state index is 13.8. The molecule has 0 aromatic rings. The van der Waals surface area contributed by atoms with Gasteiger partial charge in [0.2, 0.25) is 6.29 Å². The number of aliphatic hydroxyl groups is 4. The normalized spacial score (nSPS) is 37.1. The first-order valence-corrected chi connectivity index (χ1v) is 18.9. The van der Waals surface area contributed by atoms with Crippen molar-refractivity contribution in [2.45, 2.75) is 176 Å². The molecule has 0 aromatic heterocycles. The summed E-state index contributed by atoms with van der Waals surface area (Å²) in [5.41, 5.74) is 29.4. The van der Waals surface area contributed by atoms with Gasteiger partial charge in [0.1, 0.15) is 64.7 Å². The highest BCUT2D eigenvalue weighted by atomic mass is 16.7. The van der Waals surface area contributed by atoms with Gasteiger partial charge in [0.15, 0.2) is 17.6 Å². The minimum absolute atomic E-state index is 0.0865. The number of nitrogens with two attached hydrogens (primary N) is 6. The average molecular weight is 806 g/mol. The second kappa shape index (κ2) is 18.2. The predicted octanol–water partition coefficient (Wildman–Crippen LogP) is -3.67. The molecule has 0 amide bonds. The minimum atomic E-state index is -2.25. The van der Waals surface area contributed by atoms with Gasteiger partial charge in [-0.2, -0.15) is 0 Å². The minimum Gasteiger partial charge on any atom is -0.466 e. The van der Waals surface area contributed by atoms with Crippen LogP contribution >= 0.6 is 0 Å². The van der Waals surface area contributed by atoms with Crippen LogP contribution in [0.5, 0.6) is 0 Å². The maximum absolute atomic E-state index is 13.8. The van der Waals surface area contributed by atoms with Crippen molar-refractivity contribution >= 4 is 17.7 Å². The molecular weight excluding hydrogens is 738 g/mol. The zero-order valence-corrected chi connectivity index (χ0v) is 33.8. The molecule has 14 atom stereocenters. The predicted molar refractivity (Wildman–Crippen MR) is 201 cm³/mol. The lowest BCUT2D eigenvalue weighted by Gasteiger charge is -2.54. The smallest absolute Gasteiger partial charge is 0.332 e. The summed E-state index contributed by atoms with van der Waals surface area (Å²) in [5, 5.41) is 48.6. The highest BCUT2D eigenvalue weighted by molar-refractivity contribution is 5.93. The lowest BCUT2D eigenvalue weighted by atomic mass is 9.70. The first kappa shape index (κ1) is 48.0. The number of rotatable bonds is 15. The Morgan fingerprint density at radius 2 is 1.59 bits per heavy atom. The molecule has 1 saturated heterocycles. The molecule has 2 heterocycles. The number of nitrogens with one attached hydrogen (secondary N) is 1. The lowest BCUT2D eigenvalue weighted by Crippen LogP contribution is -2.80. The second-order valence-corrected chi connectivity index (χ2v) is 17.3. The molecule has 2 fully saturated rings. The Labute approximate surface area is 328 Å². The molecule has 0 spiro atoms. The summed E-state index contributed by atoms with van der Waals surface area (Å²) in [6, 6.07) is -3.65. The van der Waals surface area contributed by atoms with Crippen molar-refractivity contribution in [2.75, 3.05) is 20.2 Å². The Kier molecular flexibility index (Phi) is 15.6. The number of aliphatic hydroxyl groups excluding tert-OH is 3. The summed E-state index contributed by atoms with van der Waals surface area (Å²) < 4.78 is 35.0. The van der Waals surface area contributed by atoms with E-state index in [0.717, 1.165) is 0 Å². The molecule has 20 heteroatoms. The Hall–Kier alpha value is -2.41. The number of esters is 2. The fraction of sp³-hybridized carbons (Fsp3) is 0.861. The van der Waals surface area contributed by atoms with Crippen LogP contribution in [-0.4, -0.2) is 153 Å². The van der Waals surface area contributed by atoms with Crippen LogP contribution in [0.1, 0.15) is 80.6 Å². The molecule has 1 aliphatic carbocycles. The van der Waals surface area contributed by atoms with Gasteiger partial charge in [-0.3, -0.25) is 9.59 Å². The summed E-state index contributed by atoms with van der Waals surface area (Å²) >= 11 is 0. The quantitative estimate of drug-likeness (QED) is 0.0710. The van der Waals surface area contributed by atoms with Crippen molar-refractivity contribution in [1.82, 2.24) is 5.32 Å². The van der Waals surface area contributed by atoms with Gasteiger partial charge in [-0.15, -0.1) is 0 Å². The zero-order chi connectivity index (χ0) is 42.8. The number of Topliss-reactive ketones (excluding diaryl/α,β-unsaturated/α-hetero) is 1. The van der Waals surface area contributed by atoms with Crippen molar-refractivity contribution < 1.29 is 63.2 Å². The van der Waals surface area contributed by atoms with Crippen LogP contribution in [0, 0.1) is 0 Å². The number of likely N-dealkylation sites (N-methyl/N-ethyl adjacent to an activating group) is 1. The fourth-order valence-electron chi connectivity index (χ4n) is 7.18. The summed E-state index contributed by atoms with van der Waals surface area (Å²) in [6.07, 6.45) is -10.2. The second-order valence-electron chi connectivity index (χ2n) is 17.3. The Morgan fingerprint density at radius 3 is 2.14 bits per heavy atom. The molecule has 56 heavy (non-hydrogen) atoms. The third-order valence-electron chi connectivity index (χ3n) is 10.2. The van der Waals surface area contributed by atoms with Gasteiger partial charge in [-0.25, -0.2) is 4.79 Å². The molecular formula is C36H67N7O13. The van der Waals surface area contributed by atoms with E-state index in [1.807, 2.05) is 0 Å². The molecule has 2 unspecified atom stereocenters. The van der Waals surface area contributed by atoms with E-state index >= 15 is 0 Å². The first-order valence-electron chi connectivity index (χ1n) is 18.9. The summed E-state index contributed by atoms with van der Waals surface area (Å²) in [6.45, 7) is 10.6. The van der Waals surface area contributed by atoms with Gasteiger partial charge in [-0.1, -0.05) is 0 Å². The van der Waals surface area contributed by atoms with Crippen molar-refractivity contribution in [2.24, 2.45) is 34.4 Å². The van der Waals surface area contributed by atoms with Crippen molar-refractivity contribution in [3.63, 3.8) is 0 Å². The van der Waals surface area contributed by atoms with Gasteiger partial charge in [0.05, 0.1) is 18.7 Å². The van der Waals surface area contributed by atoms with Crippen LogP contribution in [-0.2, 0) is 42.8 Å². The van der Waals surface area contributed by atoms with Crippen LogP contribution < -0.4 is 39.7 Å². The Morgan fingerprint density at radius 1 is 0.982 bits per heavy atom. The molecule has 0 aromatic carbocycles. The molecule has 2 aliphatic heterocycles. The molecule has 17 N–H and O–H groups in total. The van der Waals surface area contributed by atoms with Crippen LogP contribution in [0.4, 0.5) is 0 Å². The summed E-state index contributed by atoms with van der Waals surface area (Å²) in [4.78, 5) is 39.9. The average Bonchev–Trinajstić information content (AvgIpc) is 3.07. The largest absolute Gasteiger partial charge is 0.466 e. The van der Waals surface area contributed by atoms with Crippen LogP contribution in [0.2, 0.25) is 0 Å². The lowest BCUT2D eigenvalue weighted by molar-refractivity contribution is -0.323. The number of carbonyl (C=O) groups excluding carboxylic acids is 3. The zero-order valence-electron chi connectivity index (χ0n) is 33.8. The van der Waals surface area contributed by atoms with Crippen LogP contribution in [0.25, 0.3) is 0 Å². The number of carbonyl (C=O) groups is 3. The van der Waals surface area contributed by atoms with E-state index in [4.69, 9.17) is 62.8 Å². The molecule has 20 nitrogen and oxygen atoms in total. The van der Waals surface area contributed by atoms with Crippen LogP contribution in [0.15, 0.2) is 11.8 Å². The van der Waals surface area contributed by atoms with E-state index in [9.17, 15) is 34.8 Å². The van der Waals surface area contributed by atoms with Gasteiger partial charge in [0.25, 0.3) is 0 Å². The number of hydrogen-bond acceptors (Lipinski definition) is 20. The topological polar surface area (TPSA) is 356 Å². The highest BCUT2D eigenvalue weighted by Crippen LogP contribution is 2.40. The molecule has 3 rings (SSSR count). The van der Waals surface area contributed by atoms with E-state index < -0.39 is 126 Å². The summed E-state index contributed by atoms with van der Waals surface area (Å²) in [7, 11) is 1.32. The van der Waals surface area contributed by atoms with E-state index in [1.165, 1.54) is 14.0 Å². The van der Waals surface area contributed by atoms with Crippen molar-refractivity contribution in [3.05, 3.63) is 11.8 Å². The number of ketones is 1. The standard InChI is InChI=1S/C36H67N7O13/c1-32(2,3)55-28(48)18(39)10-9-17(38)22-12-11-19(40)29(52-22)53-24-20(41)15-35(42,25(46)21(44)13-14-37)27(23(24)45)54-30-26(47)36(43-8,34(7,50)16-51-30)31(49)56-33(4,5)6/h12,17-21,23-24,26-27,29-30,43-45,47,50H,9-11,13-16,37-42H2,1-8H3/t17?,18?,19-,20+,21-,23+,24-,26+,27-,29-,30-,34+,35+,36+/m1/s1. The maximum Gasteiger partial charge on any atom is 0.332 e. The van der Waals surface area contributed by atoms with E-state index in [-0.39, 0.29) is 38.0 Å². The SMILES string of the molecule is CN[C@]1(C(=O)OC(C)(C)C)[C@@H](O)[C@@H](O[C@@H]2[C@@H](O)[C@H](O[C@H]3OC(C(N)CCC(N)C(=O)OC(C)(C)C)=CC[C@H]3N)[C@@H](N)C[C@]2(N)C(=O)[C@H](O)CCN)OC[C@]1(C)O. The van der Waals surface area contributed by atoms with Crippen molar-refractivity contribution in [3.8, 4) is 0 Å². The van der Waals surface area contributed by atoms with Gasteiger partial charge in [-0.05, 0) is 100 Å². The Bertz CT molecular complexity index is 1410. The number of ether oxygens (including phenoxy) is 6. The monoisotopic (exact) mass is 805 g/mol. The third kappa shape index (κ3) is 10.6.